The maximum atomic E-state index is 4.74. The van der Waals surface area contributed by atoms with Gasteiger partial charge in [0.15, 0.2) is 0 Å². The minimum Gasteiger partial charge on any atom is -0.380 e. The van der Waals surface area contributed by atoms with Crippen LogP contribution in [0.3, 0.4) is 0 Å². The van der Waals surface area contributed by atoms with E-state index in [1.165, 1.54) is 11.1 Å². The zero-order valence-electron chi connectivity index (χ0n) is 19.9. The van der Waals surface area contributed by atoms with Crippen molar-refractivity contribution in [3.8, 4) is 11.1 Å². The molecule has 7 heteroatoms. The first-order valence-electron chi connectivity index (χ1n) is 11.8. The summed E-state index contributed by atoms with van der Waals surface area (Å²) in [5, 5.41) is 15.4. The van der Waals surface area contributed by atoms with Gasteiger partial charge in [0.2, 0.25) is 0 Å². The van der Waals surface area contributed by atoms with E-state index >= 15 is 0 Å². The maximum absolute atomic E-state index is 4.74. The third-order valence-electron chi connectivity index (χ3n) is 6.47. The second-order valence-corrected chi connectivity index (χ2v) is 9.09. The van der Waals surface area contributed by atoms with Crippen molar-refractivity contribution < 1.29 is 0 Å². The Bertz CT molecular complexity index is 1230. The smallest absolute Gasteiger partial charge is 0.149 e. The van der Waals surface area contributed by atoms with Gasteiger partial charge in [0.25, 0.3) is 0 Å². The zero-order valence-corrected chi connectivity index (χ0v) is 19.9. The van der Waals surface area contributed by atoms with E-state index in [2.05, 4.69) is 81.5 Å². The van der Waals surface area contributed by atoms with Gasteiger partial charge in [0.1, 0.15) is 5.82 Å². The summed E-state index contributed by atoms with van der Waals surface area (Å²) in [6, 6.07) is 17.3. The number of hydrogen-bond donors (Lipinski definition) is 3. The number of rotatable bonds is 7. The molecule has 174 valence electrons. The summed E-state index contributed by atoms with van der Waals surface area (Å²) in [6.45, 7) is 5.90. The molecule has 0 saturated heterocycles. The van der Waals surface area contributed by atoms with Crippen LogP contribution in [0.2, 0.25) is 0 Å². The van der Waals surface area contributed by atoms with Crippen LogP contribution in [-0.4, -0.2) is 38.9 Å². The maximum Gasteiger partial charge on any atom is 0.149 e. The number of nitrogens with one attached hydrogen (secondary N) is 3. The standard InChI is InChI=1S/C27H31N7/c1-18(21-10-9-19(2)28-13-21)12-30-26(20-7-5-4-6-8-20)25-16-29-24-11-22(14-31-27(24)33-25)23-15-32-34(3)17-23/h4-11,13-15,17-18,25-26,29-30H,12,16H2,1-3H3,(H,31,33)/t18-,25-,26-/m1/s1. The van der Waals surface area contributed by atoms with Gasteiger partial charge in [0, 0.05) is 55.5 Å². The topological polar surface area (TPSA) is 79.7 Å². The molecule has 34 heavy (non-hydrogen) atoms. The molecule has 3 atom stereocenters. The van der Waals surface area contributed by atoms with Crippen LogP contribution in [-0.2, 0) is 7.05 Å². The fourth-order valence-corrected chi connectivity index (χ4v) is 4.44. The number of benzene rings is 1. The number of pyridine rings is 2. The van der Waals surface area contributed by atoms with Crippen LogP contribution >= 0.6 is 0 Å². The van der Waals surface area contributed by atoms with Gasteiger partial charge in [0.05, 0.1) is 24.0 Å². The highest BCUT2D eigenvalue weighted by atomic mass is 15.2. The molecule has 0 aliphatic carbocycles. The second kappa shape index (κ2) is 9.65. The second-order valence-electron chi connectivity index (χ2n) is 9.09. The van der Waals surface area contributed by atoms with E-state index in [0.29, 0.717) is 5.92 Å². The van der Waals surface area contributed by atoms with E-state index < -0.39 is 0 Å². The summed E-state index contributed by atoms with van der Waals surface area (Å²) in [7, 11) is 1.92. The van der Waals surface area contributed by atoms with Gasteiger partial charge in [-0.3, -0.25) is 9.67 Å². The molecule has 7 nitrogen and oxygen atoms in total. The van der Waals surface area contributed by atoms with Crippen LogP contribution in [0.4, 0.5) is 11.5 Å². The molecular formula is C27H31N7. The Labute approximate surface area is 200 Å². The van der Waals surface area contributed by atoms with Gasteiger partial charge in [-0.05, 0) is 36.1 Å². The molecule has 0 bridgehead atoms. The van der Waals surface area contributed by atoms with E-state index in [1.54, 1.807) is 4.68 Å². The molecule has 5 rings (SSSR count). The van der Waals surface area contributed by atoms with Crippen LogP contribution in [0.15, 0.2) is 73.3 Å². The molecule has 3 aromatic heterocycles. The molecule has 0 unspecified atom stereocenters. The van der Waals surface area contributed by atoms with Crippen molar-refractivity contribution in [3.63, 3.8) is 0 Å². The number of nitrogens with zero attached hydrogens (tertiary/aromatic N) is 4. The lowest BCUT2D eigenvalue weighted by Gasteiger charge is -2.35. The quantitative estimate of drug-likeness (QED) is 0.382. The molecule has 0 spiro atoms. The Hall–Kier alpha value is -3.71. The minimum absolute atomic E-state index is 0.127. The third-order valence-corrected chi connectivity index (χ3v) is 6.47. The first-order chi connectivity index (χ1) is 16.6. The highest BCUT2D eigenvalue weighted by molar-refractivity contribution is 5.75. The largest absolute Gasteiger partial charge is 0.380 e. The first kappa shape index (κ1) is 22.1. The highest BCUT2D eigenvalue weighted by Crippen LogP contribution is 2.32. The average molecular weight is 454 g/mol. The van der Waals surface area contributed by atoms with E-state index in [-0.39, 0.29) is 12.1 Å². The SMILES string of the molecule is Cc1ccc([C@H](C)CN[C@H](c2ccccc2)[C@H]2CNc3cc(-c4cnn(C)c4)cnc3N2)cn1. The summed E-state index contributed by atoms with van der Waals surface area (Å²) < 4.78 is 1.81. The van der Waals surface area contributed by atoms with Crippen molar-refractivity contribution in [2.75, 3.05) is 23.7 Å². The van der Waals surface area contributed by atoms with Gasteiger partial charge in [-0.1, -0.05) is 43.3 Å². The van der Waals surface area contributed by atoms with Crippen LogP contribution in [0.5, 0.6) is 0 Å². The molecule has 0 radical (unpaired) electrons. The van der Waals surface area contributed by atoms with Crippen molar-refractivity contribution in [2.24, 2.45) is 7.05 Å². The Morgan fingerprint density at radius 3 is 2.62 bits per heavy atom. The van der Waals surface area contributed by atoms with E-state index in [9.17, 15) is 0 Å². The Balaban J connectivity index is 1.33. The normalized spacial score (nSPS) is 16.7. The zero-order chi connectivity index (χ0) is 23.5. The van der Waals surface area contributed by atoms with Crippen LogP contribution in [0.25, 0.3) is 11.1 Å². The molecule has 4 aromatic rings. The molecule has 0 fully saturated rings. The van der Waals surface area contributed by atoms with Crippen molar-refractivity contribution >= 4 is 11.5 Å². The molecule has 0 saturated carbocycles. The molecule has 4 heterocycles. The fraction of sp³-hybridized carbons (Fsp3) is 0.296. The van der Waals surface area contributed by atoms with E-state index in [4.69, 9.17) is 4.98 Å². The number of fused-ring (bicyclic) bond motifs is 1. The Kier molecular flexibility index (Phi) is 6.27. The highest BCUT2D eigenvalue weighted by Gasteiger charge is 2.28. The van der Waals surface area contributed by atoms with Gasteiger partial charge >= 0.3 is 0 Å². The van der Waals surface area contributed by atoms with Crippen molar-refractivity contribution in [2.45, 2.75) is 31.8 Å². The lowest BCUT2D eigenvalue weighted by Crippen LogP contribution is -2.45. The van der Waals surface area contributed by atoms with E-state index in [1.807, 2.05) is 38.8 Å². The summed E-state index contributed by atoms with van der Waals surface area (Å²) in [4.78, 5) is 9.20. The summed E-state index contributed by atoms with van der Waals surface area (Å²) in [6.07, 6.45) is 7.76. The van der Waals surface area contributed by atoms with Crippen molar-refractivity contribution in [1.29, 1.82) is 0 Å². The lowest BCUT2D eigenvalue weighted by molar-refractivity contribution is 0.453. The first-order valence-corrected chi connectivity index (χ1v) is 11.8. The van der Waals surface area contributed by atoms with Crippen LogP contribution in [0, 0.1) is 6.92 Å². The van der Waals surface area contributed by atoms with Gasteiger partial charge in [-0.15, -0.1) is 0 Å². The molecule has 1 aliphatic heterocycles. The number of aromatic nitrogens is 4. The predicted molar refractivity (Wildman–Crippen MR) is 137 cm³/mol. The molecule has 1 aliphatic rings. The van der Waals surface area contributed by atoms with E-state index in [0.717, 1.165) is 41.4 Å². The summed E-state index contributed by atoms with van der Waals surface area (Å²) in [5.74, 6) is 1.23. The van der Waals surface area contributed by atoms with Crippen LogP contribution < -0.4 is 16.0 Å². The van der Waals surface area contributed by atoms with Crippen molar-refractivity contribution in [3.05, 3.63) is 90.1 Å². The number of hydrogen-bond acceptors (Lipinski definition) is 6. The minimum atomic E-state index is 0.127. The molecular weight excluding hydrogens is 422 g/mol. The average Bonchev–Trinajstić information content (AvgIpc) is 3.31. The number of aryl methyl sites for hydroxylation is 2. The van der Waals surface area contributed by atoms with Crippen LogP contribution in [0.1, 0.15) is 35.7 Å². The fourth-order valence-electron chi connectivity index (χ4n) is 4.44. The molecule has 3 N–H and O–H groups in total. The van der Waals surface area contributed by atoms with Gasteiger partial charge < -0.3 is 16.0 Å². The molecule has 0 amide bonds. The third kappa shape index (κ3) is 4.79. The Morgan fingerprint density at radius 2 is 1.88 bits per heavy atom. The number of anilines is 2. The van der Waals surface area contributed by atoms with Crippen molar-refractivity contribution in [1.82, 2.24) is 25.1 Å². The molecule has 1 aromatic carbocycles. The summed E-state index contributed by atoms with van der Waals surface area (Å²) in [5.41, 5.74) is 6.67. The summed E-state index contributed by atoms with van der Waals surface area (Å²) >= 11 is 0. The van der Waals surface area contributed by atoms with Gasteiger partial charge in [-0.2, -0.15) is 5.10 Å². The monoisotopic (exact) mass is 453 g/mol. The lowest BCUT2D eigenvalue weighted by atomic mass is 9.95. The predicted octanol–water partition coefficient (Wildman–Crippen LogP) is 4.53. The Morgan fingerprint density at radius 1 is 1.03 bits per heavy atom. The van der Waals surface area contributed by atoms with Gasteiger partial charge in [-0.25, -0.2) is 4.98 Å².